The van der Waals surface area contributed by atoms with Crippen molar-refractivity contribution in [2.75, 3.05) is 26.2 Å². The third kappa shape index (κ3) is 4.09. The van der Waals surface area contributed by atoms with E-state index in [4.69, 9.17) is 0 Å². The van der Waals surface area contributed by atoms with E-state index in [0.717, 1.165) is 42.5 Å². The fourth-order valence-electron chi connectivity index (χ4n) is 4.64. The smallest absolute Gasteiger partial charge is 0.273 e. The number of carbonyl (C=O) groups is 3. The molecular weight excluding hydrogens is 480 g/mol. The largest absolute Gasteiger partial charge is 0.338 e. The number of Topliss-reactive ketones (excluding diaryl/α,β-unsaturated/α-hetero) is 1. The zero-order valence-electron chi connectivity index (χ0n) is 18.1. The van der Waals surface area contributed by atoms with E-state index in [-0.39, 0.29) is 23.0 Å². The quantitative estimate of drug-likeness (QED) is 0.587. The van der Waals surface area contributed by atoms with Crippen LogP contribution < -0.4 is 0 Å². The van der Waals surface area contributed by atoms with Gasteiger partial charge < -0.3 is 9.80 Å². The molecule has 0 unspecified atom stereocenters. The number of rotatable bonds is 4. The van der Waals surface area contributed by atoms with Crippen molar-refractivity contribution in [2.24, 2.45) is 5.41 Å². The van der Waals surface area contributed by atoms with Crippen LogP contribution in [0.15, 0.2) is 16.6 Å². The van der Waals surface area contributed by atoms with Gasteiger partial charge in [-0.2, -0.15) is 5.10 Å². The number of ketones is 1. The molecule has 2 aromatic heterocycles. The highest BCUT2D eigenvalue weighted by Crippen LogP contribution is 2.41. The molecule has 2 saturated heterocycles. The lowest BCUT2D eigenvalue weighted by Gasteiger charge is -2.39. The van der Waals surface area contributed by atoms with E-state index in [0.29, 0.717) is 35.1 Å². The second-order valence-electron chi connectivity index (χ2n) is 8.55. The molecule has 2 aliphatic heterocycles. The Hall–Kier alpha value is -2.00. The number of piperidine rings is 1. The summed E-state index contributed by atoms with van der Waals surface area (Å²) in [4.78, 5) is 42.7. The van der Waals surface area contributed by atoms with Gasteiger partial charge in [0.2, 0.25) is 0 Å². The first-order valence-electron chi connectivity index (χ1n) is 10.7. The van der Waals surface area contributed by atoms with Crippen molar-refractivity contribution in [1.82, 2.24) is 19.6 Å². The second-order valence-corrected chi connectivity index (χ2v) is 10.4. The predicted molar refractivity (Wildman–Crippen MR) is 123 cm³/mol. The third-order valence-electron chi connectivity index (χ3n) is 6.56. The molecule has 2 aromatic rings. The fourth-order valence-corrected chi connectivity index (χ4v) is 5.96. The Morgan fingerprint density at radius 1 is 1.06 bits per heavy atom. The van der Waals surface area contributed by atoms with Crippen LogP contribution in [0.5, 0.6) is 0 Å². The molecule has 4 rings (SSSR count). The van der Waals surface area contributed by atoms with Gasteiger partial charge in [-0.1, -0.05) is 0 Å². The van der Waals surface area contributed by atoms with Crippen molar-refractivity contribution in [1.29, 1.82) is 0 Å². The number of hydrogen-bond donors (Lipinski definition) is 0. The Morgan fingerprint density at radius 3 is 2.26 bits per heavy atom. The summed E-state index contributed by atoms with van der Waals surface area (Å²) < 4.78 is 2.55. The minimum absolute atomic E-state index is 0.00420. The molecule has 0 aliphatic carbocycles. The van der Waals surface area contributed by atoms with Crippen LogP contribution in [0.3, 0.4) is 0 Å². The number of amides is 2. The van der Waals surface area contributed by atoms with E-state index in [1.807, 2.05) is 23.6 Å². The van der Waals surface area contributed by atoms with Crippen LogP contribution in [0.25, 0.3) is 0 Å². The Balaban J connectivity index is 1.40. The molecule has 0 atom stereocenters. The molecule has 166 valence electrons. The van der Waals surface area contributed by atoms with Crippen molar-refractivity contribution in [2.45, 2.75) is 46.6 Å². The van der Waals surface area contributed by atoms with Crippen LogP contribution in [-0.4, -0.2) is 63.4 Å². The molecule has 0 N–H and O–H groups in total. The van der Waals surface area contributed by atoms with Crippen LogP contribution in [0, 0.1) is 12.3 Å². The van der Waals surface area contributed by atoms with Crippen LogP contribution in [0.1, 0.15) is 68.6 Å². The van der Waals surface area contributed by atoms with Gasteiger partial charge in [0.15, 0.2) is 5.78 Å². The van der Waals surface area contributed by atoms with Crippen LogP contribution >= 0.6 is 27.3 Å². The number of nitrogens with zero attached hydrogens (tertiary/aromatic N) is 4. The first-order valence-corrected chi connectivity index (χ1v) is 12.3. The fraction of sp³-hybridized carbons (Fsp3) is 0.545. The molecular formula is C22H27BrN4O3S. The average molecular weight is 507 g/mol. The lowest BCUT2D eigenvalue weighted by molar-refractivity contribution is 0.0567. The summed E-state index contributed by atoms with van der Waals surface area (Å²) in [5.74, 6) is 0.0215. The zero-order chi connectivity index (χ0) is 22.3. The van der Waals surface area contributed by atoms with E-state index in [1.54, 1.807) is 16.8 Å². The molecule has 0 bridgehead atoms. The maximum atomic E-state index is 13.2. The molecule has 2 aliphatic rings. The molecule has 1 spiro atoms. The Labute approximate surface area is 194 Å². The van der Waals surface area contributed by atoms with Gasteiger partial charge in [-0.15, -0.1) is 11.3 Å². The highest BCUT2D eigenvalue weighted by atomic mass is 79.9. The second kappa shape index (κ2) is 8.50. The van der Waals surface area contributed by atoms with E-state index in [1.165, 1.54) is 18.3 Å². The number of hydrogen-bond acceptors (Lipinski definition) is 5. The van der Waals surface area contributed by atoms with E-state index in [2.05, 4.69) is 21.0 Å². The number of likely N-dealkylation sites (tertiary alicyclic amines) is 2. The first kappa shape index (κ1) is 22.2. The van der Waals surface area contributed by atoms with Crippen molar-refractivity contribution in [3.05, 3.63) is 37.7 Å². The topological polar surface area (TPSA) is 75.5 Å². The summed E-state index contributed by atoms with van der Waals surface area (Å²) in [6, 6.07) is 3.48. The lowest BCUT2D eigenvalue weighted by Crippen LogP contribution is -2.44. The number of carbonyl (C=O) groups excluding carboxylic acids is 3. The van der Waals surface area contributed by atoms with Gasteiger partial charge in [0.05, 0.1) is 19.9 Å². The summed E-state index contributed by atoms with van der Waals surface area (Å²) in [7, 11) is 0. The minimum Gasteiger partial charge on any atom is -0.338 e. The first-order chi connectivity index (χ1) is 14.7. The van der Waals surface area contributed by atoms with Crippen molar-refractivity contribution in [3.63, 3.8) is 0 Å². The monoisotopic (exact) mass is 506 g/mol. The molecule has 0 saturated carbocycles. The van der Waals surface area contributed by atoms with E-state index < -0.39 is 0 Å². The number of aromatic nitrogens is 2. The third-order valence-corrected chi connectivity index (χ3v) is 8.68. The number of halogens is 1. The molecule has 0 radical (unpaired) electrons. The molecule has 31 heavy (non-hydrogen) atoms. The summed E-state index contributed by atoms with van der Waals surface area (Å²) in [6.45, 7) is 8.89. The molecule has 2 fully saturated rings. The van der Waals surface area contributed by atoms with Gasteiger partial charge in [0, 0.05) is 32.7 Å². The molecule has 7 nitrogen and oxygen atoms in total. The molecule has 2 amide bonds. The van der Waals surface area contributed by atoms with Gasteiger partial charge in [-0.05, 0) is 73.5 Å². The van der Waals surface area contributed by atoms with E-state index in [9.17, 15) is 14.4 Å². The van der Waals surface area contributed by atoms with E-state index >= 15 is 0 Å². The van der Waals surface area contributed by atoms with Gasteiger partial charge in [-0.3, -0.25) is 19.1 Å². The standard InChI is InChI=1S/C22H27BrN4O3S/c1-4-27-19(18(23)14(2)24-27)21(30)26-12-9-22(13-26)7-10-25(11-8-22)20(29)17-6-5-16(31-17)15(3)28/h5-6H,4,7-13H2,1-3H3. The van der Waals surface area contributed by atoms with Gasteiger partial charge in [0.1, 0.15) is 5.69 Å². The average Bonchev–Trinajstić information content (AvgIpc) is 3.47. The zero-order valence-corrected chi connectivity index (χ0v) is 20.5. The maximum absolute atomic E-state index is 13.2. The number of thiophene rings is 1. The molecule has 4 heterocycles. The Morgan fingerprint density at radius 2 is 1.68 bits per heavy atom. The van der Waals surface area contributed by atoms with Crippen LogP contribution in [-0.2, 0) is 6.54 Å². The normalized spacial score (nSPS) is 18.1. The summed E-state index contributed by atoms with van der Waals surface area (Å²) >= 11 is 4.81. The van der Waals surface area contributed by atoms with Crippen molar-refractivity contribution in [3.8, 4) is 0 Å². The summed E-state index contributed by atoms with van der Waals surface area (Å²) in [5, 5.41) is 4.45. The van der Waals surface area contributed by atoms with Crippen LogP contribution in [0.2, 0.25) is 0 Å². The highest BCUT2D eigenvalue weighted by molar-refractivity contribution is 9.10. The molecule has 9 heteroatoms. The maximum Gasteiger partial charge on any atom is 0.273 e. The SMILES string of the molecule is CCn1nc(C)c(Br)c1C(=O)N1CCC2(CCN(C(=O)c3ccc(C(C)=O)s3)CC2)C1. The van der Waals surface area contributed by atoms with Gasteiger partial charge in [0.25, 0.3) is 11.8 Å². The van der Waals surface area contributed by atoms with Crippen LogP contribution in [0.4, 0.5) is 0 Å². The van der Waals surface area contributed by atoms with Gasteiger partial charge >= 0.3 is 0 Å². The van der Waals surface area contributed by atoms with Crippen molar-refractivity contribution >= 4 is 44.9 Å². The summed E-state index contributed by atoms with van der Waals surface area (Å²) in [5.41, 5.74) is 1.53. The Kier molecular flexibility index (Phi) is 6.09. The predicted octanol–water partition coefficient (Wildman–Crippen LogP) is 4.01. The lowest BCUT2D eigenvalue weighted by atomic mass is 9.77. The highest BCUT2D eigenvalue weighted by Gasteiger charge is 2.43. The van der Waals surface area contributed by atoms with Gasteiger partial charge in [-0.25, -0.2) is 0 Å². The number of aryl methyl sites for hydroxylation is 2. The van der Waals surface area contributed by atoms with Crippen molar-refractivity contribution < 1.29 is 14.4 Å². The molecule has 0 aromatic carbocycles. The minimum atomic E-state index is -0.0105. The Bertz CT molecular complexity index is 1040. The summed E-state index contributed by atoms with van der Waals surface area (Å²) in [6.07, 6.45) is 2.74.